The number of nitrogens with one attached hydrogen (secondary N) is 2. The largest absolute Gasteiger partial charge is 0.367 e. The summed E-state index contributed by atoms with van der Waals surface area (Å²) in [7, 11) is 0. The molecule has 1 aliphatic carbocycles. The van der Waals surface area contributed by atoms with Crippen molar-refractivity contribution in [3.05, 3.63) is 27.9 Å². The van der Waals surface area contributed by atoms with E-state index in [0.29, 0.717) is 18.4 Å². The van der Waals surface area contributed by atoms with Crippen molar-refractivity contribution in [2.75, 3.05) is 6.61 Å². The fourth-order valence-electron chi connectivity index (χ4n) is 2.35. The van der Waals surface area contributed by atoms with E-state index in [1.807, 2.05) is 6.92 Å². The third kappa shape index (κ3) is 2.47. The van der Waals surface area contributed by atoms with Crippen LogP contribution in [0, 0.1) is 0 Å². The van der Waals surface area contributed by atoms with E-state index in [4.69, 9.17) is 4.74 Å². The van der Waals surface area contributed by atoms with Crippen molar-refractivity contribution in [3.8, 4) is 0 Å². The molecule has 0 aromatic carbocycles. The zero-order chi connectivity index (χ0) is 12.6. The summed E-state index contributed by atoms with van der Waals surface area (Å²) in [4.78, 5) is 19.0. The number of hydrogen-bond donors (Lipinski definition) is 2. The number of aromatic nitrogens is 2. The van der Waals surface area contributed by atoms with E-state index in [-0.39, 0.29) is 5.56 Å². The lowest BCUT2D eigenvalue weighted by Gasteiger charge is -2.22. The molecule has 1 aliphatic heterocycles. The van der Waals surface area contributed by atoms with Crippen LogP contribution in [0.15, 0.2) is 10.9 Å². The summed E-state index contributed by atoms with van der Waals surface area (Å²) in [5, 5.41) is 3.37. The third-order valence-electron chi connectivity index (χ3n) is 3.66. The minimum atomic E-state index is -0.422. The van der Waals surface area contributed by atoms with E-state index < -0.39 is 5.60 Å². The van der Waals surface area contributed by atoms with Gasteiger partial charge in [0.2, 0.25) is 0 Å². The number of hydrogen-bond acceptors (Lipinski definition) is 4. The van der Waals surface area contributed by atoms with Crippen LogP contribution in [0.5, 0.6) is 0 Å². The SMILES string of the molecule is CC1(c2nc(CNC3CC3)cc(=O)[nH]2)CCCO1. The lowest BCUT2D eigenvalue weighted by Crippen LogP contribution is -2.29. The summed E-state index contributed by atoms with van der Waals surface area (Å²) in [5.41, 5.74) is 0.288. The van der Waals surface area contributed by atoms with Gasteiger partial charge in [0, 0.05) is 25.3 Å². The molecule has 18 heavy (non-hydrogen) atoms. The fraction of sp³-hybridized carbons (Fsp3) is 0.692. The standard InChI is InChI=1S/C13H19N3O2/c1-13(5-2-6-18-13)12-15-10(7-11(17)16-12)8-14-9-3-4-9/h7,9,14H,2-6,8H2,1H3,(H,15,16,17). The van der Waals surface area contributed by atoms with E-state index in [1.165, 1.54) is 12.8 Å². The van der Waals surface area contributed by atoms with E-state index in [1.54, 1.807) is 6.07 Å². The van der Waals surface area contributed by atoms with Crippen LogP contribution in [0.3, 0.4) is 0 Å². The smallest absolute Gasteiger partial charge is 0.251 e. The Balaban J connectivity index is 1.82. The average Bonchev–Trinajstić information content (AvgIpc) is 3.07. The first-order valence-corrected chi connectivity index (χ1v) is 6.64. The normalized spacial score (nSPS) is 27.6. The van der Waals surface area contributed by atoms with Gasteiger partial charge in [-0.2, -0.15) is 0 Å². The summed E-state index contributed by atoms with van der Waals surface area (Å²) in [6.45, 7) is 3.40. The first kappa shape index (κ1) is 11.9. The predicted molar refractivity (Wildman–Crippen MR) is 67.3 cm³/mol. The summed E-state index contributed by atoms with van der Waals surface area (Å²) in [5.74, 6) is 0.667. The van der Waals surface area contributed by atoms with Gasteiger partial charge in [-0.25, -0.2) is 4.98 Å². The van der Waals surface area contributed by atoms with Crippen LogP contribution in [0.2, 0.25) is 0 Å². The average molecular weight is 249 g/mol. The molecule has 0 spiro atoms. The highest BCUT2D eigenvalue weighted by atomic mass is 16.5. The Kier molecular flexibility index (Phi) is 2.95. The second-order valence-corrected chi connectivity index (χ2v) is 5.42. The van der Waals surface area contributed by atoms with Crippen LogP contribution >= 0.6 is 0 Å². The Labute approximate surface area is 106 Å². The molecule has 5 heteroatoms. The molecule has 0 amide bonds. The Hall–Kier alpha value is -1.20. The monoisotopic (exact) mass is 249 g/mol. The Morgan fingerprint density at radius 3 is 3.11 bits per heavy atom. The van der Waals surface area contributed by atoms with Crippen LogP contribution in [-0.2, 0) is 16.9 Å². The van der Waals surface area contributed by atoms with Crippen molar-refractivity contribution in [1.82, 2.24) is 15.3 Å². The van der Waals surface area contributed by atoms with E-state index in [2.05, 4.69) is 15.3 Å². The molecule has 2 heterocycles. The zero-order valence-corrected chi connectivity index (χ0v) is 10.7. The van der Waals surface area contributed by atoms with E-state index >= 15 is 0 Å². The van der Waals surface area contributed by atoms with Crippen LogP contribution in [0.25, 0.3) is 0 Å². The van der Waals surface area contributed by atoms with Crippen molar-refractivity contribution in [2.45, 2.75) is 50.8 Å². The number of H-pyrrole nitrogens is 1. The van der Waals surface area contributed by atoms with Crippen LogP contribution in [0.4, 0.5) is 0 Å². The Morgan fingerprint density at radius 2 is 2.44 bits per heavy atom. The van der Waals surface area contributed by atoms with Gasteiger partial charge >= 0.3 is 0 Å². The highest BCUT2D eigenvalue weighted by Gasteiger charge is 2.34. The molecule has 2 aliphatic rings. The van der Waals surface area contributed by atoms with Gasteiger partial charge in [-0.1, -0.05) is 0 Å². The number of rotatable bonds is 4. The molecule has 2 N–H and O–H groups in total. The third-order valence-corrected chi connectivity index (χ3v) is 3.66. The van der Waals surface area contributed by atoms with Gasteiger partial charge in [0.25, 0.3) is 5.56 Å². The van der Waals surface area contributed by atoms with Gasteiger partial charge in [-0.15, -0.1) is 0 Å². The highest BCUT2D eigenvalue weighted by molar-refractivity contribution is 5.09. The second kappa shape index (κ2) is 4.48. The van der Waals surface area contributed by atoms with Gasteiger partial charge < -0.3 is 15.0 Å². The maximum Gasteiger partial charge on any atom is 0.251 e. The fourth-order valence-corrected chi connectivity index (χ4v) is 2.35. The lowest BCUT2D eigenvalue weighted by molar-refractivity contribution is 0.00893. The van der Waals surface area contributed by atoms with Crippen molar-refractivity contribution in [3.63, 3.8) is 0 Å². The topological polar surface area (TPSA) is 67.0 Å². The molecule has 0 bridgehead atoms. The van der Waals surface area contributed by atoms with Crippen molar-refractivity contribution in [1.29, 1.82) is 0 Å². The molecule has 5 nitrogen and oxygen atoms in total. The molecule has 0 radical (unpaired) electrons. The molecule has 98 valence electrons. The first-order valence-electron chi connectivity index (χ1n) is 6.64. The number of aromatic amines is 1. The van der Waals surface area contributed by atoms with E-state index in [0.717, 1.165) is 25.1 Å². The molecule has 1 saturated carbocycles. The van der Waals surface area contributed by atoms with Crippen LogP contribution in [0.1, 0.15) is 44.1 Å². The van der Waals surface area contributed by atoms with Gasteiger partial charge in [0.05, 0.1) is 5.69 Å². The molecule has 1 unspecified atom stereocenters. The van der Waals surface area contributed by atoms with Gasteiger partial charge in [0.1, 0.15) is 11.4 Å². The maximum atomic E-state index is 11.7. The minimum absolute atomic E-state index is 0.0932. The lowest BCUT2D eigenvalue weighted by atomic mass is 10.0. The molecule has 1 atom stereocenters. The van der Waals surface area contributed by atoms with Crippen molar-refractivity contribution in [2.24, 2.45) is 0 Å². The maximum absolute atomic E-state index is 11.7. The first-order chi connectivity index (χ1) is 8.66. The van der Waals surface area contributed by atoms with Gasteiger partial charge in [0.15, 0.2) is 0 Å². The summed E-state index contributed by atoms with van der Waals surface area (Å²) in [6, 6.07) is 2.19. The highest BCUT2D eigenvalue weighted by Crippen LogP contribution is 2.32. The van der Waals surface area contributed by atoms with E-state index in [9.17, 15) is 4.79 Å². The summed E-state index contributed by atoms with van der Waals surface area (Å²) < 4.78 is 5.72. The molecular weight excluding hydrogens is 230 g/mol. The number of nitrogens with zero attached hydrogens (tertiary/aromatic N) is 1. The second-order valence-electron chi connectivity index (χ2n) is 5.42. The van der Waals surface area contributed by atoms with Gasteiger partial charge in [-0.05, 0) is 32.6 Å². The van der Waals surface area contributed by atoms with Crippen molar-refractivity contribution < 1.29 is 4.74 Å². The molecular formula is C13H19N3O2. The van der Waals surface area contributed by atoms with Gasteiger partial charge in [-0.3, -0.25) is 4.79 Å². The van der Waals surface area contributed by atoms with Crippen LogP contribution in [-0.4, -0.2) is 22.6 Å². The van der Waals surface area contributed by atoms with Crippen LogP contribution < -0.4 is 10.9 Å². The summed E-state index contributed by atoms with van der Waals surface area (Å²) in [6.07, 6.45) is 4.40. The molecule has 1 aromatic rings. The molecule has 2 fully saturated rings. The Morgan fingerprint density at radius 1 is 1.61 bits per heavy atom. The molecule has 3 rings (SSSR count). The summed E-state index contributed by atoms with van der Waals surface area (Å²) >= 11 is 0. The number of ether oxygens (including phenoxy) is 1. The van der Waals surface area contributed by atoms with Crippen molar-refractivity contribution >= 4 is 0 Å². The molecule has 1 saturated heterocycles. The predicted octanol–water partition coefficient (Wildman–Crippen LogP) is 1.05. The molecule has 1 aromatic heterocycles. The Bertz CT molecular complexity index is 487. The quantitative estimate of drug-likeness (QED) is 0.837. The minimum Gasteiger partial charge on any atom is -0.367 e. The zero-order valence-electron chi connectivity index (χ0n) is 10.7.